The predicted molar refractivity (Wildman–Crippen MR) is 27.3 cm³/mol. The van der Waals surface area contributed by atoms with Crippen molar-refractivity contribution in [1.82, 2.24) is 9.84 Å². The molecule has 6 heavy (non-hydrogen) atoms. The standard InChI is InChI=1S/C2H5N3S/c6-5-2-3-1-4-5/h2,4,6H,1H2. The van der Waals surface area contributed by atoms with Gasteiger partial charge < -0.3 is 0 Å². The van der Waals surface area contributed by atoms with Crippen molar-refractivity contribution in [3.63, 3.8) is 0 Å². The van der Waals surface area contributed by atoms with E-state index in [1.54, 1.807) is 6.34 Å². The number of hydrazine groups is 1. The summed E-state index contributed by atoms with van der Waals surface area (Å²) in [4.78, 5) is 3.78. The second-order valence-electron chi connectivity index (χ2n) is 0.959. The third-order valence-corrected chi connectivity index (χ3v) is 0.760. The van der Waals surface area contributed by atoms with Crippen LogP contribution >= 0.6 is 12.8 Å². The lowest BCUT2D eigenvalue weighted by atomic mass is 11.2. The Hall–Kier alpha value is -0.220. The largest absolute Gasteiger partial charge is 0.256 e. The average molecular weight is 103 g/mol. The molecule has 1 aliphatic heterocycles. The molecule has 0 aliphatic carbocycles. The van der Waals surface area contributed by atoms with Crippen molar-refractivity contribution in [1.29, 1.82) is 0 Å². The maximum absolute atomic E-state index is 3.87. The Morgan fingerprint density at radius 2 is 2.83 bits per heavy atom. The molecule has 0 bridgehead atoms. The van der Waals surface area contributed by atoms with Gasteiger partial charge in [-0.1, -0.05) is 0 Å². The molecule has 34 valence electrons. The van der Waals surface area contributed by atoms with Gasteiger partial charge in [-0.3, -0.25) is 4.99 Å². The summed E-state index contributed by atoms with van der Waals surface area (Å²) in [5.74, 6) is 0. The van der Waals surface area contributed by atoms with Crippen molar-refractivity contribution in [3.05, 3.63) is 0 Å². The number of nitrogens with one attached hydrogen (secondary N) is 1. The van der Waals surface area contributed by atoms with Crippen molar-refractivity contribution in [2.75, 3.05) is 6.67 Å². The van der Waals surface area contributed by atoms with Gasteiger partial charge in [0.2, 0.25) is 0 Å². The Bertz CT molecular complexity index is 71.2. The van der Waals surface area contributed by atoms with Crippen molar-refractivity contribution in [2.24, 2.45) is 4.99 Å². The second-order valence-corrected chi connectivity index (χ2v) is 1.39. The summed E-state index contributed by atoms with van der Waals surface area (Å²) < 4.78 is 1.51. The van der Waals surface area contributed by atoms with Gasteiger partial charge in [-0.2, -0.15) is 0 Å². The van der Waals surface area contributed by atoms with Crippen LogP contribution in [0.5, 0.6) is 0 Å². The van der Waals surface area contributed by atoms with Crippen LogP contribution in [0.4, 0.5) is 0 Å². The third-order valence-electron chi connectivity index (χ3n) is 0.515. The molecule has 0 fully saturated rings. The highest BCUT2D eigenvalue weighted by Gasteiger charge is 1.93. The molecule has 1 heterocycles. The fraction of sp³-hybridized carbons (Fsp3) is 0.500. The van der Waals surface area contributed by atoms with Gasteiger partial charge in [0.05, 0.1) is 0 Å². The molecule has 0 unspecified atom stereocenters. The lowest BCUT2D eigenvalue weighted by Gasteiger charge is -1.99. The van der Waals surface area contributed by atoms with Gasteiger partial charge in [0.1, 0.15) is 13.0 Å². The normalized spacial score (nSPS) is 19.8. The Balaban J connectivity index is 2.38. The first-order chi connectivity index (χ1) is 2.89. The van der Waals surface area contributed by atoms with Gasteiger partial charge in [0.15, 0.2) is 0 Å². The monoisotopic (exact) mass is 103 g/mol. The minimum atomic E-state index is 0.656. The molecule has 1 rings (SSSR count). The first-order valence-electron chi connectivity index (χ1n) is 1.61. The van der Waals surface area contributed by atoms with Crippen LogP contribution in [-0.2, 0) is 0 Å². The van der Waals surface area contributed by atoms with E-state index in [2.05, 4.69) is 23.2 Å². The molecule has 0 aromatic rings. The lowest BCUT2D eigenvalue weighted by Crippen LogP contribution is -2.20. The quantitative estimate of drug-likeness (QED) is 0.410. The van der Waals surface area contributed by atoms with E-state index >= 15 is 0 Å². The zero-order chi connectivity index (χ0) is 4.41. The SMILES string of the molecule is SN1C=NCN1. The van der Waals surface area contributed by atoms with Crippen LogP contribution in [0.25, 0.3) is 0 Å². The molecule has 0 aromatic carbocycles. The lowest BCUT2D eigenvalue weighted by molar-refractivity contribution is 0.560. The number of hydrogen-bond acceptors (Lipinski definition) is 4. The van der Waals surface area contributed by atoms with E-state index < -0.39 is 0 Å². The number of thiol groups is 1. The van der Waals surface area contributed by atoms with Crippen molar-refractivity contribution in [2.45, 2.75) is 0 Å². The van der Waals surface area contributed by atoms with E-state index in [9.17, 15) is 0 Å². The van der Waals surface area contributed by atoms with Crippen LogP contribution < -0.4 is 5.43 Å². The zero-order valence-corrected chi connectivity index (χ0v) is 4.02. The Kier molecular flexibility index (Phi) is 0.979. The van der Waals surface area contributed by atoms with Gasteiger partial charge in [0, 0.05) is 0 Å². The fourth-order valence-electron chi connectivity index (χ4n) is 0.272. The molecule has 0 atom stereocenters. The Labute approximate surface area is 41.6 Å². The summed E-state index contributed by atoms with van der Waals surface area (Å²) in [5.41, 5.74) is 2.79. The topological polar surface area (TPSA) is 27.6 Å². The molecule has 0 amide bonds. The number of aliphatic imine (C=N–C) groups is 1. The van der Waals surface area contributed by atoms with Crippen LogP contribution in [0.2, 0.25) is 0 Å². The van der Waals surface area contributed by atoms with Crippen LogP contribution in [0.3, 0.4) is 0 Å². The van der Waals surface area contributed by atoms with Crippen LogP contribution in [0, 0.1) is 0 Å². The molecule has 0 saturated carbocycles. The van der Waals surface area contributed by atoms with Gasteiger partial charge in [-0.05, 0) is 12.8 Å². The first kappa shape index (κ1) is 3.95. The summed E-state index contributed by atoms with van der Waals surface area (Å²) in [7, 11) is 0. The summed E-state index contributed by atoms with van der Waals surface area (Å²) in [6.07, 6.45) is 1.61. The maximum Gasteiger partial charge on any atom is 0.113 e. The highest BCUT2D eigenvalue weighted by Crippen LogP contribution is 1.85. The van der Waals surface area contributed by atoms with E-state index in [4.69, 9.17) is 0 Å². The number of rotatable bonds is 0. The zero-order valence-electron chi connectivity index (χ0n) is 3.13. The minimum Gasteiger partial charge on any atom is -0.256 e. The molecule has 0 aromatic heterocycles. The van der Waals surface area contributed by atoms with E-state index in [-0.39, 0.29) is 0 Å². The van der Waals surface area contributed by atoms with Crippen LogP contribution in [0.1, 0.15) is 0 Å². The summed E-state index contributed by atoms with van der Waals surface area (Å²) >= 11 is 3.87. The van der Waals surface area contributed by atoms with Gasteiger partial charge in [-0.15, -0.1) is 0 Å². The highest BCUT2D eigenvalue weighted by molar-refractivity contribution is 7.78. The molecular weight excluding hydrogens is 98.1 g/mol. The molecule has 1 N–H and O–H groups in total. The van der Waals surface area contributed by atoms with Crippen molar-refractivity contribution in [3.8, 4) is 0 Å². The van der Waals surface area contributed by atoms with Crippen molar-refractivity contribution < 1.29 is 0 Å². The molecule has 0 radical (unpaired) electrons. The van der Waals surface area contributed by atoms with Gasteiger partial charge in [0.25, 0.3) is 0 Å². The second kappa shape index (κ2) is 1.49. The van der Waals surface area contributed by atoms with Crippen LogP contribution in [0.15, 0.2) is 4.99 Å². The Morgan fingerprint density at radius 1 is 2.00 bits per heavy atom. The fourth-order valence-corrected chi connectivity index (χ4v) is 0.409. The Morgan fingerprint density at radius 3 is 3.00 bits per heavy atom. The molecule has 0 saturated heterocycles. The van der Waals surface area contributed by atoms with Crippen molar-refractivity contribution >= 4 is 19.2 Å². The smallest absolute Gasteiger partial charge is 0.113 e. The first-order valence-corrected chi connectivity index (χ1v) is 2.01. The van der Waals surface area contributed by atoms with E-state index in [0.717, 1.165) is 0 Å². The molecule has 3 nitrogen and oxygen atoms in total. The van der Waals surface area contributed by atoms with E-state index in [0.29, 0.717) is 6.67 Å². The summed E-state index contributed by atoms with van der Waals surface area (Å²) in [6.45, 7) is 0.656. The third kappa shape index (κ3) is 0.636. The number of nitrogens with zero attached hydrogens (tertiary/aromatic N) is 2. The molecule has 1 aliphatic rings. The maximum atomic E-state index is 3.87. The molecule has 0 spiro atoms. The van der Waals surface area contributed by atoms with E-state index in [1.165, 1.54) is 4.41 Å². The predicted octanol–water partition coefficient (Wildman–Crippen LogP) is -0.363. The minimum absolute atomic E-state index is 0.656. The van der Waals surface area contributed by atoms with E-state index in [1.807, 2.05) is 0 Å². The molecule has 4 heteroatoms. The number of hydrogen-bond donors (Lipinski definition) is 2. The molecular formula is C2H5N3S. The average Bonchev–Trinajstić information content (AvgIpc) is 1.86. The van der Waals surface area contributed by atoms with Crippen LogP contribution in [-0.4, -0.2) is 17.4 Å². The summed E-state index contributed by atoms with van der Waals surface area (Å²) in [5, 5.41) is 0. The highest BCUT2D eigenvalue weighted by atomic mass is 32.1. The van der Waals surface area contributed by atoms with Gasteiger partial charge in [-0.25, -0.2) is 9.84 Å². The summed E-state index contributed by atoms with van der Waals surface area (Å²) in [6, 6.07) is 0. The van der Waals surface area contributed by atoms with Gasteiger partial charge >= 0.3 is 0 Å².